The van der Waals surface area contributed by atoms with Crippen molar-refractivity contribution in [2.24, 2.45) is 5.73 Å². The standard InChI is InChI=1S/C88H135NO25/c1-90-27-29-94-35-37-98-43-45-102-51-53-106-59-61-110-67-69-112-65-63-108-57-55-104-49-47-100-41-39-96-33-31-92-24-7-21-88(22-8-25-93-32-34-97-40-42-101-48-50-105-56-58-109-64-66-113-70-68-111-62-60-107-54-52-103-46-44-99-38-36-95-30-28-91-2)86-73-77(75-11-16-81(17-12-75)114-26-6-5-23-89)14-19-84(86)85-20-15-78(74-87(85)88)76-13-18-83-80(71-76)72-79-9-3-4-10-82(79)83/h3-4,9-20,71,73-74H,5-8,21-70,72,89H2,1-2H3. The van der Waals surface area contributed by atoms with Crippen molar-refractivity contribution >= 4 is 0 Å². The predicted molar refractivity (Wildman–Crippen MR) is 436 cm³/mol. The summed E-state index contributed by atoms with van der Waals surface area (Å²) in [5.74, 6) is 0.857. The van der Waals surface area contributed by atoms with Crippen molar-refractivity contribution < 1.29 is 118 Å². The molecule has 2 aliphatic rings. The largest absolute Gasteiger partial charge is 0.494 e. The predicted octanol–water partition coefficient (Wildman–Crippen LogP) is 10.2. The van der Waals surface area contributed by atoms with Crippen molar-refractivity contribution in [1.29, 1.82) is 0 Å². The summed E-state index contributed by atoms with van der Waals surface area (Å²) in [6.45, 7) is 24.4. The Morgan fingerprint density at radius 1 is 0.237 bits per heavy atom. The highest BCUT2D eigenvalue weighted by molar-refractivity contribution is 5.87. The number of hydrogen-bond donors (Lipinski definition) is 1. The van der Waals surface area contributed by atoms with Crippen LogP contribution in [-0.2, 0) is 126 Å². The van der Waals surface area contributed by atoms with Crippen molar-refractivity contribution in [3.63, 3.8) is 0 Å². The first kappa shape index (κ1) is 96.0. The zero-order chi connectivity index (χ0) is 79.6. The van der Waals surface area contributed by atoms with Crippen LogP contribution in [-0.4, -0.2) is 331 Å². The van der Waals surface area contributed by atoms with Gasteiger partial charge in [0.1, 0.15) is 5.75 Å². The Morgan fingerprint density at radius 3 is 0.816 bits per heavy atom. The smallest absolute Gasteiger partial charge is 0.119 e. The van der Waals surface area contributed by atoms with Crippen LogP contribution in [0, 0.1) is 0 Å². The van der Waals surface area contributed by atoms with Crippen molar-refractivity contribution in [2.45, 2.75) is 50.4 Å². The molecule has 642 valence electrons. The van der Waals surface area contributed by atoms with Crippen LogP contribution in [0.25, 0.3) is 44.5 Å². The van der Waals surface area contributed by atoms with Crippen LogP contribution in [0.1, 0.15) is 60.8 Å². The molecule has 0 saturated heterocycles. The van der Waals surface area contributed by atoms with Gasteiger partial charge in [-0.15, -0.1) is 0 Å². The fourth-order valence-corrected chi connectivity index (χ4v) is 12.9. The van der Waals surface area contributed by atoms with Gasteiger partial charge in [-0.3, -0.25) is 0 Å². The molecule has 0 fully saturated rings. The van der Waals surface area contributed by atoms with Crippen molar-refractivity contribution in [1.82, 2.24) is 0 Å². The quantitative estimate of drug-likeness (QED) is 0.0348. The third-order valence-corrected chi connectivity index (χ3v) is 18.6. The van der Waals surface area contributed by atoms with Gasteiger partial charge in [-0.2, -0.15) is 0 Å². The highest BCUT2D eigenvalue weighted by Gasteiger charge is 2.43. The lowest BCUT2D eigenvalue weighted by Gasteiger charge is -2.33. The van der Waals surface area contributed by atoms with E-state index >= 15 is 0 Å². The number of methoxy groups -OCH3 is 2. The van der Waals surface area contributed by atoms with E-state index in [0.29, 0.717) is 317 Å². The Morgan fingerprint density at radius 2 is 0.500 bits per heavy atom. The van der Waals surface area contributed by atoms with Gasteiger partial charge in [0, 0.05) is 32.8 Å². The van der Waals surface area contributed by atoms with Gasteiger partial charge in [0.25, 0.3) is 0 Å². The summed E-state index contributed by atoms with van der Waals surface area (Å²) in [6.07, 6.45) is 6.23. The normalized spacial score (nSPS) is 12.7. The molecule has 0 saturated carbocycles. The maximum Gasteiger partial charge on any atom is 0.119 e. The van der Waals surface area contributed by atoms with E-state index in [2.05, 4.69) is 103 Å². The van der Waals surface area contributed by atoms with Gasteiger partial charge in [0.05, 0.1) is 297 Å². The van der Waals surface area contributed by atoms with E-state index in [9.17, 15) is 0 Å². The van der Waals surface area contributed by atoms with E-state index in [1.807, 2.05) is 0 Å². The van der Waals surface area contributed by atoms with Gasteiger partial charge in [-0.25, -0.2) is 0 Å². The molecule has 5 aromatic rings. The molecule has 0 atom stereocenters. The van der Waals surface area contributed by atoms with Gasteiger partial charge >= 0.3 is 0 Å². The lowest BCUT2D eigenvalue weighted by molar-refractivity contribution is -0.0281. The van der Waals surface area contributed by atoms with Crippen LogP contribution in [0.3, 0.4) is 0 Å². The lowest BCUT2D eigenvalue weighted by atomic mass is 9.70. The van der Waals surface area contributed by atoms with Gasteiger partial charge in [-0.1, -0.05) is 78.9 Å². The van der Waals surface area contributed by atoms with E-state index in [1.54, 1.807) is 14.2 Å². The van der Waals surface area contributed by atoms with Crippen molar-refractivity contribution in [3.05, 3.63) is 125 Å². The molecule has 5 aromatic carbocycles. The van der Waals surface area contributed by atoms with Crippen LogP contribution >= 0.6 is 0 Å². The molecular weight excluding hydrogens is 1470 g/mol. The van der Waals surface area contributed by atoms with E-state index in [0.717, 1.165) is 61.8 Å². The van der Waals surface area contributed by atoms with Crippen molar-refractivity contribution in [2.75, 3.05) is 331 Å². The third-order valence-electron chi connectivity index (χ3n) is 18.6. The Kier molecular flexibility index (Phi) is 55.4. The first-order valence-electron chi connectivity index (χ1n) is 41.3. The third kappa shape index (κ3) is 41.0. The summed E-state index contributed by atoms with van der Waals surface area (Å²) < 4.78 is 141. The zero-order valence-corrected chi connectivity index (χ0v) is 68.5. The van der Waals surface area contributed by atoms with E-state index < -0.39 is 0 Å². The van der Waals surface area contributed by atoms with Gasteiger partial charge < -0.3 is 124 Å². The minimum atomic E-state index is -0.337. The molecule has 0 spiro atoms. The molecule has 26 heteroatoms. The molecule has 7 rings (SSSR count). The molecule has 26 nitrogen and oxygen atoms in total. The monoisotopic (exact) mass is 1610 g/mol. The van der Waals surface area contributed by atoms with Crippen LogP contribution in [0.2, 0.25) is 0 Å². The number of rotatable bonds is 81. The molecule has 0 bridgehead atoms. The highest BCUT2D eigenvalue weighted by Crippen LogP contribution is 2.56. The summed E-state index contributed by atoms with van der Waals surface area (Å²) >= 11 is 0. The maximum atomic E-state index is 6.35. The number of benzene rings is 5. The van der Waals surface area contributed by atoms with E-state index in [4.69, 9.17) is 124 Å². The first-order valence-corrected chi connectivity index (χ1v) is 41.3. The Hall–Kier alpha value is -5.10. The zero-order valence-electron chi connectivity index (χ0n) is 68.5. The molecule has 2 aliphatic carbocycles. The Bertz CT molecular complexity index is 3040. The topological polar surface area (TPSA) is 257 Å². The number of hydrogen-bond acceptors (Lipinski definition) is 26. The SMILES string of the molecule is COCCOCCOCCOCCOCCOCCOCCOCCOCCOCCOCCOCCCC1(CCCOCCOCCOCCOCCOCCOCCOCCOCCOCCOCCOCCOC)c2cc(-c3ccc(OCCCCN)cc3)ccc2-c2ccc(-c3ccc4c(c3)Cc3ccccc3-4)cc21. The second-order valence-corrected chi connectivity index (χ2v) is 26.8. The molecule has 0 aromatic heterocycles. The molecule has 0 aliphatic heterocycles. The van der Waals surface area contributed by atoms with Crippen LogP contribution in [0.15, 0.2) is 103 Å². The minimum Gasteiger partial charge on any atom is -0.494 e. The van der Waals surface area contributed by atoms with E-state index in [1.165, 1.54) is 55.6 Å². The molecule has 0 radical (unpaired) electrons. The summed E-state index contributed by atoms with van der Waals surface area (Å²) in [6, 6.07) is 38.5. The molecule has 0 unspecified atom stereocenters. The first-order chi connectivity index (χ1) is 56.6. The average molecular weight is 1610 g/mol. The van der Waals surface area contributed by atoms with Crippen LogP contribution in [0.4, 0.5) is 0 Å². The fourth-order valence-electron chi connectivity index (χ4n) is 12.9. The Labute approximate surface area is 678 Å². The lowest BCUT2D eigenvalue weighted by Crippen LogP contribution is -2.27. The highest BCUT2D eigenvalue weighted by atomic mass is 16.6. The summed E-state index contributed by atoms with van der Waals surface area (Å²) in [4.78, 5) is 0. The molecule has 0 heterocycles. The molecule has 2 N–H and O–H groups in total. The van der Waals surface area contributed by atoms with Crippen molar-refractivity contribution in [3.8, 4) is 50.3 Å². The summed E-state index contributed by atoms with van der Waals surface area (Å²) in [5.41, 5.74) is 20.8. The van der Waals surface area contributed by atoms with Crippen LogP contribution in [0.5, 0.6) is 5.75 Å². The average Bonchev–Trinajstić information content (AvgIpc) is 1.56. The van der Waals surface area contributed by atoms with Crippen LogP contribution < -0.4 is 10.5 Å². The maximum absolute atomic E-state index is 6.35. The fraction of sp³-hybridized carbons (Fsp3) is 0.659. The number of ether oxygens (including phenoxy) is 25. The number of fused-ring (bicyclic) bond motifs is 6. The van der Waals surface area contributed by atoms with Gasteiger partial charge in [0.15, 0.2) is 0 Å². The molecular formula is C88H135NO25. The van der Waals surface area contributed by atoms with Gasteiger partial charge in [-0.05, 0) is 143 Å². The van der Waals surface area contributed by atoms with Gasteiger partial charge in [0.2, 0.25) is 0 Å². The number of nitrogens with two attached hydrogens (primary N) is 1. The molecule has 114 heavy (non-hydrogen) atoms. The second kappa shape index (κ2) is 65.8. The second-order valence-electron chi connectivity index (χ2n) is 26.8. The number of unbranched alkanes of at least 4 members (excludes halogenated alkanes) is 1. The molecule has 0 amide bonds. The van der Waals surface area contributed by atoms with E-state index in [-0.39, 0.29) is 5.41 Å². The summed E-state index contributed by atoms with van der Waals surface area (Å²) in [5, 5.41) is 0. The Balaban J connectivity index is 0.764. The minimum absolute atomic E-state index is 0.337. The summed E-state index contributed by atoms with van der Waals surface area (Å²) in [7, 11) is 3.30.